The predicted molar refractivity (Wildman–Crippen MR) is 100 cm³/mol. The highest BCUT2D eigenvalue weighted by molar-refractivity contribution is 9.10. The molecule has 1 N–H and O–H groups in total. The van der Waals surface area contributed by atoms with E-state index in [1.165, 1.54) is 0 Å². The van der Waals surface area contributed by atoms with Crippen LogP contribution in [0.15, 0.2) is 33.4 Å². The summed E-state index contributed by atoms with van der Waals surface area (Å²) in [6.45, 7) is 3.25. The maximum absolute atomic E-state index is 12.8. The van der Waals surface area contributed by atoms with Gasteiger partial charge in [-0.05, 0) is 66.4 Å². The van der Waals surface area contributed by atoms with Crippen LogP contribution >= 0.6 is 27.5 Å². The molecule has 2 aromatic rings. The van der Waals surface area contributed by atoms with Gasteiger partial charge in [0.25, 0.3) is 11.8 Å². The normalized spacial score (nSPS) is 14.4. The molecule has 132 valence electrons. The molecule has 1 aliphatic rings. The van der Waals surface area contributed by atoms with E-state index in [-0.39, 0.29) is 11.7 Å². The Bertz CT molecular complexity index is 813. The van der Waals surface area contributed by atoms with Crippen LogP contribution in [0.3, 0.4) is 0 Å². The number of halogens is 2. The van der Waals surface area contributed by atoms with Gasteiger partial charge < -0.3 is 14.6 Å². The molecule has 0 bridgehead atoms. The van der Waals surface area contributed by atoms with Crippen molar-refractivity contribution in [3.8, 4) is 0 Å². The van der Waals surface area contributed by atoms with Crippen molar-refractivity contribution in [3.63, 3.8) is 0 Å². The fourth-order valence-corrected chi connectivity index (χ4v) is 3.60. The van der Waals surface area contributed by atoms with Gasteiger partial charge in [-0.3, -0.25) is 9.59 Å². The third-order valence-corrected chi connectivity index (χ3v) is 4.82. The van der Waals surface area contributed by atoms with Crippen LogP contribution in [0.2, 0.25) is 5.02 Å². The van der Waals surface area contributed by atoms with E-state index in [0.29, 0.717) is 26.5 Å². The van der Waals surface area contributed by atoms with Gasteiger partial charge in [-0.15, -0.1) is 0 Å². The van der Waals surface area contributed by atoms with Crippen molar-refractivity contribution in [2.45, 2.75) is 26.2 Å². The van der Waals surface area contributed by atoms with E-state index < -0.39 is 5.91 Å². The van der Waals surface area contributed by atoms with E-state index in [4.69, 9.17) is 16.0 Å². The molecule has 0 aliphatic carbocycles. The van der Waals surface area contributed by atoms with E-state index >= 15 is 0 Å². The third kappa shape index (κ3) is 4.07. The molecular formula is C18H18BrClN2O3. The number of nitrogens with one attached hydrogen (secondary N) is 1. The summed E-state index contributed by atoms with van der Waals surface area (Å²) in [7, 11) is 0. The number of benzene rings is 1. The number of hydrogen-bond acceptors (Lipinski definition) is 3. The molecule has 2 amide bonds. The van der Waals surface area contributed by atoms with Gasteiger partial charge in [0.05, 0.1) is 11.3 Å². The maximum atomic E-state index is 12.8. The summed E-state index contributed by atoms with van der Waals surface area (Å²) in [5, 5.41) is 3.20. The lowest BCUT2D eigenvalue weighted by Crippen LogP contribution is -2.36. The highest BCUT2D eigenvalue weighted by Gasteiger charge is 2.23. The molecule has 1 aromatic heterocycles. The largest absolute Gasteiger partial charge is 0.444 e. The highest BCUT2D eigenvalue weighted by atomic mass is 79.9. The third-order valence-electron chi connectivity index (χ3n) is 4.20. The molecule has 2 heterocycles. The number of hydrogen-bond donors (Lipinski definition) is 1. The number of furan rings is 1. The summed E-state index contributed by atoms with van der Waals surface area (Å²) in [6, 6.07) is 6.61. The van der Waals surface area contributed by atoms with Gasteiger partial charge in [0, 0.05) is 23.7 Å². The van der Waals surface area contributed by atoms with Crippen molar-refractivity contribution in [2.24, 2.45) is 0 Å². The number of rotatable bonds is 3. The average Bonchev–Trinajstić information content (AvgIpc) is 2.94. The number of likely N-dealkylation sites (tertiary alicyclic amines) is 1. The summed E-state index contributed by atoms with van der Waals surface area (Å²) in [5.74, 6) is -0.314. The van der Waals surface area contributed by atoms with Crippen LogP contribution in [0.4, 0.5) is 5.69 Å². The first-order valence-corrected chi connectivity index (χ1v) is 9.29. The van der Waals surface area contributed by atoms with Crippen LogP contribution in [0.1, 0.15) is 45.7 Å². The Morgan fingerprint density at radius 2 is 1.92 bits per heavy atom. The van der Waals surface area contributed by atoms with Crippen LogP contribution in [-0.2, 0) is 0 Å². The molecule has 0 spiro atoms. The number of aryl methyl sites for hydroxylation is 1. The zero-order chi connectivity index (χ0) is 18.0. The molecular weight excluding hydrogens is 408 g/mol. The van der Waals surface area contributed by atoms with E-state index in [9.17, 15) is 9.59 Å². The van der Waals surface area contributed by atoms with Gasteiger partial charge in [-0.25, -0.2) is 0 Å². The quantitative estimate of drug-likeness (QED) is 0.762. The van der Waals surface area contributed by atoms with Crippen LogP contribution in [0, 0.1) is 6.92 Å². The smallest absolute Gasteiger partial charge is 0.291 e. The van der Waals surface area contributed by atoms with Crippen molar-refractivity contribution in [3.05, 3.63) is 50.8 Å². The van der Waals surface area contributed by atoms with Gasteiger partial charge in [-0.1, -0.05) is 11.6 Å². The topological polar surface area (TPSA) is 62.6 Å². The fraction of sp³-hybridized carbons (Fsp3) is 0.333. The van der Waals surface area contributed by atoms with Gasteiger partial charge in [0.15, 0.2) is 10.4 Å². The number of piperidine rings is 1. The SMILES string of the molecule is Cc1cc(Br)oc1C(=O)Nc1cc(Cl)ccc1C(=O)N1CCCCC1. The molecule has 0 saturated carbocycles. The Kier molecular flexibility index (Phi) is 5.49. The minimum atomic E-state index is -0.418. The van der Waals surface area contributed by atoms with Gasteiger partial charge in [0.1, 0.15) is 0 Å². The molecule has 1 fully saturated rings. The Morgan fingerprint density at radius 1 is 1.20 bits per heavy atom. The Balaban J connectivity index is 1.87. The second-order valence-corrected chi connectivity index (χ2v) is 7.28. The van der Waals surface area contributed by atoms with Gasteiger partial charge in [0.2, 0.25) is 0 Å². The summed E-state index contributed by atoms with van der Waals surface area (Å²) in [5.41, 5.74) is 1.53. The van der Waals surface area contributed by atoms with Gasteiger partial charge in [-0.2, -0.15) is 0 Å². The summed E-state index contributed by atoms with van der Waals surface area (Å²) in [6.07, 6.45) is 3.14. The van der Waals surface area contributed by atoms with E-state index in [0.717, 1.165) is 32.4 Å². The Hall–Kier alpha value is -1.79. The monoisotopic (exact) mass is 424 g/mol. The van der Waals surface area contributed by atoms with Crippen molar-refractivity contribution in [1.82, 2.24) is 4.90 Å². The van der Waals surface area contributed by atoms with Crippen LogP contribution in [0.25, 0.3) is 0 Å². The minimum Gasteiger partial charge on any atom is -0.444 e. The number of carbonyl (C=O) groups is 2. The molecule has 0 radical (unpaired) electrons. The van der Waals surface area contributed by atoms with Crippen molar-refractivity contribution in [2.75, 3.05) is 18.4 Å². The molecule has 25 heavy (non-hydrogen) atoms. The first-order valence-electron chi connectivity index (χ1n) is 8.12. The van der Waals surface area contributed by atoms with E-state index in [1.54, 1.807) is 31.2 Å². The van der Waals surface area contributed by atoms with Crippen molar-refractivity contribution in [1.29, 1.82) is 0 Å². The second kappa shape index (κ2) is 7.62. The molecule has 7 heteroatoms. The summed E-state index contributed by atoms with van der Waals surface area (Å²) < 4.78 is 5.85. The highest BCUT2D eigenvalue weighted by Crippen LogP contribution is 2.26. The molecule has 0 unspecified atom stereocenters. The zero-order valence-corrected chi connectivity index (χ0v) is 16.1. The lowest BCUT2D eigenvalue weighted by Gasteiger charge is -2.27. The number of amides is 2. The molecule has 1 saturated heterocycles. The first-order chi connectivity index (χ1) is 12.0. The first kappa shape index (κ1) is 18.0. The number of nitrogens with zero attached hydrogens (tertiary/aromatic N) is 1. The molecule has 1 aliphatic heterocycles. The average molecular weight is 426 g/mol. The van der Waals surface area contributed by atoms with Crippen molar-refractivity contribution >= 4 is 45.0 Å². The molecule has 5 nitrogen and oxygen atoms in total. The van der Waals surface area contributed by atoms with Gasteiger partial charge >= 0.3 is 0 Å². The van der Waals surface area contributed by atoms with E-state index in [2.05, 4.69) is 21.2 Å². The predicted octanol–water partition coefficient (Wildman–Crippen LogP) is 4.88. The van der Waals surface area contributed by atoms with Crippen molar-refractivity contribution < 1.29 is 14.0 Å². The minimum absolute atomic E-state index is 0.0935. The maximum Gasteiger partial charge on any atom is 0.291 e. The van der Waals surface area contributed by atoms with Crippen LogP contribution in [-0.4, -0.2) is 29.8 Å². The molecule has 3 rings (SSSR count). The number of carbonyl (C=O) groups excluding carboxylic acids is 2. The lowest BCUT2D eigenvalue weighted by molar-refractivity contribution is 0.0725. The molecule has 0 atom stereocenters. The molecule has 1 aromatic carbocycles. The summed E-state index contributed by atoms with van der Waals surface area (Å²) >= 11 is 9.27. The van der Waals surface area contributed by atoms with Crippen LogP contribution < -0.4 is 5.32 Å². The van der Waals surface area contributed by atoms with Crippen LogP contribution in [0.5, 0.6) is 0 Å². The Labute approximate surface area is 159 Å². The second-order valence-electron chi connectivity index (χ2n) is 6.06. The summed E-state index contributed by atoms with van der Waals surface area (Å²) in [4.78, 5) is 27.2. The number of anilines is 1. The fourth-order valence-electron chi connectivity index (χ4n) is 2.92. The van der Waals surface area contributed by atoms with E-state index in [1.807, 2.05) is 4.90 Å². The standard InChI is InChI=1S/C18H18BrClN2O3/c1-11-9-15(19)25-16(11)17(23)21-14-10-12(20)5-6-13(14)18(24)22-7-3-2-4-8-22/h5-6,9-10H,2-4,7-8H2,1H3,(H,21,23). The lowest BCUT2D eigenvalue weighted by atomic mass is 10.1. The zero-order valence-electron chi connectivity index (χ0n) is 13.8. The Morgan fingerprint density at radius 3 is 2.56 bits per heavy atom.